The lowest BCUT2D eigenvalue weighted by molar-refractivity contribution is -0.151. The van der Waals surface area contributed by atoms with Crippen LogP contribution in [0.15, 0.2) is 0 Å². The van der Waals surface area contributed by atoms with Crippen molar-refractivity contribution in [2.75, 3.05) is 13.2 Å². The van der Waals surface area contributed by atoms with E-state index < -0.39 is 0 Å². The molecule has 2 atom stereocenters. The number of rotatable bonds is 26. The van der Waals surface area contributed by atoms with Gasteiger partial charge in [0.1, 0.15) is 0 Å². The Balaban J connectivity index is 3.69. The summed E-state index contributed by atoms with van der Waals surface area (Å²) in [5, 5.41) is 0. The molecule has 0 fully saturated rings. The van der Waals surface area contributed by atoms with E-state index >= 15 is 0 Å². The van der Waals surface area contributed by atoms with Crippen molar-refractivity contribution in [3.05, 3.63) is 0 Å². The molecule has 0 rings (SSSR count). The standard InChI is InChI=1S/C31H60O4/c1-5-9-11-22-26-34-30(32)25-21-19-17-15-13-14-16-18-20-24-28(7-3)29(8-4)31(33)35-27-23-12-10-6-2/h28-29H,5-27H2,1-4H3. The fourth-order valence-corrected chi connectivity index (χ4v) is 4.89. The quantitative estimate of drug-likeness (QED) is 0.0883. The Labute approximate surface area is 218 Å². The molecule has 0 amide bonds. The van der Waals surface area contributed by atoms with E-state index in [0.29, 0.717) is 25.6 Å². The van der Waals surface area contributed by atoms with E-state index in [0.717, 1.165) is 57.8 Å². The van der Waals surface area contributed by atoms with Crippen LogP contribution in [0.25, 0.3) is 0 Å². The summed E-state index contributed by atoms with van der Waals surface area (Å²) < 4.78 is 10.9. The van der Waals surface area contributed by atoms with Gasteiger partial charge in [0.15, 0.2) is 0 Å². The number of hydrogen-bond acceptors (Lipinski definition) is 4. The normalized spacial score (nSPS) is 12.9. The molecule has 0 aromatic heterocycles. The minimum Gasteiger partial charge on any atom is -0.466 e. The SMILES string of the molecule is CCCCCCOC(=O)CCCCCCCCCCCC(CC)C(CC)C(=O)OCCCCCC. The first kappa shape index (κ1) is 33.9. The third kappa shape index (κ3) is 20.8. The number of carbonyl (C=O) groups is 2. The van der Waals surface area contributed by atoms with Gasteiger partial charge in [-0.25, -0.2) is 0 Å². The van der Waals surface area contributed by atoms with Gasteiger partial charge in [-0.2, -0.15) is 0 Å². The molecule has 0 N–H and O–H groups in total. The maximum Gasteiger partial charge on any atom is 0.309 e. The smallest absolute Gasteiger partial charge is 0.309 e. The van der Waals surface area contributed by atoms with Gasteiger partial charge in [0.05, 0.1) is 19.1 Å². The van der Waals surface area contributed by atoms with Crippen LogP contribution in [0.5, 0.6) is 0 Å². The predicted octanol–water partition coefficient (Wildman–Crippen LogP) is 9.58. The Morgan fingerprint density at radius 3 is 1.54 bits per heavy atom. The third-order valence-electron chi connectivity index (χ3n) is 7.29. The number of carbonyl (C=O) groups excluding carboxylic acids is 2. The summed E-state index contributed by atoms with van der Waals surface area (Å²) in [5.74, 6) is 0.559. The molecule has 0 spiro atoms. The molecule has 0 saturated carbocycles. The van der Waals surface area contributed by atoms with Gasteiger partial charge in [-0.05, 0) is 38.0 Å². The maximum atomic E-state index is 12.6. The van der Waals surface area contributed by atoms with Gasteiger partial charge in [0, 0.05) is 6.42 Å². The molecule has 2 unspecified atom stereocenters. The molecule has 208 valence electrons. The van der Waals surface area contributed by atoms with Crippen molar-refractivity contribution >= 4 is 11.9 Å². The Kier molecular flexibility index (Phi) is 25.2. The van der Waals surface area contributed by atoms with Crippen molar-refractivity contribution in [1.82, 2.24) is 0 Å². The first-order valence-electron chi connectivity index (χ1n) is 15.4. The minimum absolute atomic E-state index is 0.0163. The Hall–Kier alpha value is -1.06. The van der Waals surface area contributed by atoms with E-state index in [9.17, 15) is 9.59 Å². The molecule has 0 heterocycles. The van der Waals surface area contributed by atoms with E-state index in [-0.39, 0.29) is 17.9 Å². The summed E-state index contributed by atoms with van der Waals surface area (Å²) in [6.45, 7) is 9.92. The van der Waals surface area contributed by atoms with Gasteiger partial charge < -0.3 is 9.47 Å². The summed E-state index contributed by atoms with van der Waals surface area (Å²) in [7, 11) is 0. The van der Waals surface area contributed by atoms with Crippen LogP contribution in [0.1, 0.15) is 163 Å². The second-order valence-corrected chi connectivity index (χ2v) is 10.4. The van der Waals surface area contributed by atoms with Crippen molar-refractivity contribution in [3.63, 3.8) is 0 Å². The topological polar surface area (TPSA) is 52.6 Å². The van der Waals surface area contributed by atoms with Crippen LogP contribution in [-0.2, 0) is 19.1 Å². The Morgan fingerprint density at radius 2 is 1.03 bits per heavy atom. The largest absolute Gasteiger partial charge is 0.466 e. The van der Waals surface area contributed by atoms with Crippen molar-refractivity contribution < 1.29 is 19.1 Å². The molecule has 0 aromatic rings. The molecule has 4 nitrogen and oxygen atoms in total. The van der Waals surface area contributed by atoms with Crippen molar-refractivity contribution in [2.24, 2.45) is 11.8 Å². The van der Waals surface area contributed by atoms with Gasteiger partial charge in [0.2, 0.25) is 0 Å². The van der Waals surface area contributed by atoms with Crippen molar-refractivity contribution in [2.45, 2.75) is 163 Å². The molecule has 35 heavy (non-hydrogen) atoms. The fraction of sp³-hybridized carbons (Fsp3) is 0.935. The Bertz CT molecular complexity index is 477. The van der Waals surface area contributed by atoms with E-state index in [1.807, 2.05) is 0 Å². The van der Waals surface area contributed by atoms with E-state index in [4.69, 9.17) is 9.47 Å². The fourth-order valence-electron chi connectivity index (χ4n) is 4.89. The highest BCUT2D eigenvalue weighted by Gasteiger charge is 2.26. The molecule has 0 radical (unpaired) electrons. The second kappa shape index (κ2) is 26.0. The highest BCUT2D eigenvalue weighted by Crippen LogP contribution is 2.27. The van der Waals surface area contributed by atoms with Gasteiger partial charge in [0.25, 0.3) is 0 Å². The van der Waals surface area contributed by atoms with E-state index in [1.54, 1.807) is 0 Å². The number of hydrogen-bond donors (Lipinski definition) is 0. The predicted molar refractivity (Wildman–Crippen MR) is 149 cm³/mol. The van der Waals surface area contributed by atoms with Gasteiger partial charge in [-0.1, -0.05) is 124 Å². The van der Waals surface area contributed by atoms with Gasteiger partial charge >= 0.3 is 11.9 Å². The third-order valence-corrected chi connectivity index (χ3v) is 7.29. The van der Waals surface area contributed by atoms with Crippen LogP contribution in [0.3, 0.4) is 0 Å². The van der Waals surface area contributed by atoms with E-state index in [2.05, 4.69) is 27.7 Å². The van der Waals surface area contributed by atoms with Crippen LogP contribution in [0, 0.1) is 11.8 Å². The van der Waals surface area contributed by atoms with Crippen LogP contribution >= 0.6 is 0 Å². The lowest BCUT2D eigenvalue weighted by Crippen LogP contribution is -2.25. The molecular weight excluding hydrogens is 436 g/mol. The number of unbranched alkanes of at least 4 members (excludes halogenated alkanes) is 14. The summed E-state index contributed by atoms with van der Waals surface area (Å²) in [5.41, 5.74) is 0. The Morgan fingerprint density at radius 1 is 0.543 bits per heavy atom. The molecule has 4 heteroatoms. The zero-order valence-electron chi connectivity index (χ0n) is 24.1. The first-order valence-corrected chi connectivity index (χ1v) is 15.4. The summed E-state index contributed by atoms with van der Waals surface area (Å²) >= 11 is 0. The zero-order valence-corrected chi connectivity index (χ0v) is 24.1. The average Bonchev–Trinajstić information content (AvgIpc) is 2.86. The lowest BCUT2D eigenvalue weighted by atomic mass is 9.84. The molecule has 0 bridgehead atoms. The van der Waals surface area contributed by atoms with Crippen LogP contribution < -0.4 is 0 Å². The van der Waals surface area contributed by atoms with E-state index in [1.165, 1.54) is 70.6 Å². The first-order chi connectivity index (χ1) is 17.1. The summed E-state index contributed by atoms with van der Waals surface area (Å²) in [6, 6.07) is 0. The van der Waals surface area contributed by atoms with Crippen molar-refractivity contribution in [1.29, 1.82) is 0 Å². The molecule has 0 aromatic carbocycles. The second-order valence-electron chi connectivity index (χ2n) is 10.4. The molecule has 0 saturated heterocycles. The highest BCUT2D eigenvalue weighted by atomic mass is 16.5. The van der Waals surface area contributed by atoms with Crippen molar-refractivity contribution in [3.8, 4) is 0 Å². The van der Waals surface area contributed by atoms with Crippen LogP contribution in [-0.4, -0.2) is 25.2 Å². The van der Waals surface area contributed by atoms with Gasteiger partial charge in [-0.3, -0.25) is 9.59 Å². The zero-order chi connectivity index (χ0) is 26.0. The maximum absolute atomic E-state index is 12.6. The average molecular weight is 497 g/mol. The van der Waals surface area contributed by atoms with Gasteiger partial charge in [-0.15, -0.1) is 0 Å². The van der Waals surface area contributed by atoms with Crippen LogP contribution in [0.2, 0.25) is 0 Å². The van der Waals surface area contributed by atoms with Crippen LogP contribution in [0.4, 0.5) is 0 Å². The molecule has 0 aliphatic carbocycles. The number of esters is 2. The molecule has 0 aliphatic heterocycles. The lowest BCUT2D eigenvalue weighted by Gasteiger charge is -2.23. The number of ether oxygens (including phenoxy) is 2. The molecule has 0 aliphatic rings. The monoisotopic (exact) mass is 496 g/mol. The highest BCUT2D eigenvalue weighted by molar-refractivity contribution is 5.72. The summed E-state index contributed by atoms with van der Waals surface area (Å²) in [4.78, 5) is 24.3. The summed E-state index contributed by atoms with van der Waals surface area (Å²) in [6.07, 6.45) is 23.8. The molecular formula is C31H60O4. The minimum atomic E-state index is -0.0163.